The number of hydrogen-bond donors (Lipinski definition) is 0. The first kappa shape index (κ1) is 30.1. The molecule has 0 aliphatic carbocycles. The van der Waals surface area contributed by atoms with Crippen LogP contribution in [0.2, 0.25) is 0 Å². The maximum absolute atomic E-state index is 14.5. The summed E-state index contributed by atoms with van der Waals surface area (Å²) in [6.45, 7) is 4.40. The summed E-state index contributed by atoms with van der Waals surface area (Å²) in [6, 6.07) is 10.9. The van der Waals surface area contributed by atoms with Gasteiger partial charge in [0.25, 0.3) is 5.56 Å². The largest absolute Gasteiger partial charge is 0.417 e. The molecule has 0 bridgehead atoms. The van der Waals surface area contributed by atoms with Crippen LogP contribution in [0, 0.1) is 23.0 Å². The van der Waals surface area contributed by atoms with Crippen molar-refractivity contribution in [3.63, 3.8) is 0 Å². The van der Waals surface area contributed by atoms with E-state index >= 15 is 0 Å². The van der Waals surface area contributed by atoms with E-state index < -0.39 is 56.1 Å². The molecule has 214 valence electrons. The monoisotopic (exact) mass is 606 g/mol. The van der Waals surface area contributed by atoms with Gasteiger partial charge in [-0.3, -0.25) is 4.79 Å². The Bertz CT molecular complexity index is 1850. The van der Waals surface area contributed by atoms with Gasteiger partial charge in [0.05, 0.1) is 32.8 Å². The van der Waals surface area contributed by atoms with E-state index in [2.05, 4.69) is 0 Å². The number of nitrogens with zero attached hydrogens (tertiary/aromatic N) is 2. The Labute approximate surface area is 237 Å². The molecule has 4 rings (SSSR count). The van der Waals surface area contributed by atoms with Gasteiger partial charge in [-0.15, -0.1) is 11.3 Å². The summed E-state index contributed by atoms with van der Waals surface area (Å²) in [5, 5.41) is 10.3. The lowest BCUT2D eigenvalue weighted by Crippen LogP contribution is -2.28. The van der Waals surface area contributed by atoms with Crippen LogP contribution >= 0.6 is 11.3 Å². The molecule has 4 aromatic rings. The number of aryl methyl sites for hydroxylation is 1. The molecule has 0 atom stereocenters. The average molecular weight is 607 g/mol. The quantitative estimate of drug-likeness (QED) is 0.208. The van der Waals surface area contributed by atoms with Crippen molar-refractivity contribution in [3.05, 3.63) is 98.2 Å². The third kappa shape index (κ3) is 5.96. The highest BCUT2D eigenvalue weighted by Crippen LogP contribution is 2.38. The Kier molecular flexibility index (Phi) is 8.25. The Morgan fingerprint density at radius 2 is 1.73 bits per heavy atom. The molecular formula is C29H23F5N2O3S2. The first-order chi connectivity index (χ1) is 19.2. The molecule has 41 heavy (non-hydrogen) atoms. The Hall–Kier alpha value is -3.82. The molecule has 5 nitrogen and oxygen atoms in total. The fraction of sp³-hybridized carbons (Fsp3) is 0.241. The number of halogens is 5. The molecule has 0 aliphatic rings. The van der Waals surface area contributed by atoms with Gasteiger partial charge in [-0.25, -0.2) is 17.2 Å². The number of nitriles is 1. The lowest BCUT2D eigenvalue weighted by molar-refractivity contribution is -0.137. The first-order valence-electron chi connectivity index (χ1n) is 12.3. The highest BCUT2D eigenvalue weighted by atomic mass is 32.2. The van der Waals surface area contributed by atoms with Gasteiger partial charge in [0.2, 0.25) is 0 Å². The smallest absolute Gasteiger partial charge is 0.302 e. The van der Waals surface area contributed by atoms with Crippen LogP contribution in [0.1, 0.15) is 43.0 Å². The minimum Gasteiger partial charge on any atom is -0.302 e. The maximum Gasteiger partial charge on any atom is 0.417 e. The number of rotatable bonds is 7. The number of pyridine rings is 1. The second kappa shape index (κ2) is 11.2. The fourth-order valence-corrected chi connectivity index (χ4v) is 6.34. The van der Waals surface area contributed by atoms with Gasteiger partial charge in [0, 0.05) is 11.6 Å². The molecule has 2 heterocycles. The van der Waals surface area contributed by atoms with Gasteiger partial charge in [0.15, 0.2) is 9.84 Å². The second-order valence-corrected chi connectivity index (χ2v) is 13.0. The van der Waals surface area contributed by atoms with Crippen LogP contribution in [0.4, 0.5) is 22.0 Å². The highest BCUT2D eigenvalue weighted by molar-refractivity contribution is 7.92. The van der Waals surface area contributed by atoms with Crippen molar-refractivity contribution in [3.8, 4) is 27.8 Å². The van der Waals surface area contributed by atoms with Crippen LogP contribution in [-0.2, 0) is 29.0 Å². The number of sulfone groups is 1. The van der Waals surface area contributed by atoms with Crippen LogP contribution in [0.25, 0.3) is 21.7 Å². The van der Waals surface area contributed by atoms with Crippen molar-refractivity contribution in [1.29, 1.82) is 5.26 Å². The van der Waals surface area contributed by atoms with Crippen molar-refractivity contribution in [2.24, 2.45) is 0 Å². The van der Waals surface area contributed by atoms with Crippen molar-refractivity contribution < 1.29 is 30.4 Å². The minimum atomic E-state index is -5.03. The molecule has 12 heteroatoms. The summed E-state index contributed by atoms with van der Waals surface area (Å²) in [6.07, 6.45) is -4.51. The first-order valence-corrected chi connectivity index (χ1v) is 14.8. The highest BCUT2D eigenvalue weighted by Gasteiger charge is 2.37. The van der Waals surface area contributed by atoms with E-state index in [1.807, 2.05) is 6.92 Å². The van der Waals surface area contributed by atoms with Crippen LogP contribution in [0.3, 0.4) is 0 Å². The number of hydrogen-bond acceptors (Lipinski definition) is 5. The molecule has 0 fully saturated rings. The molecule has 0 radical (unpaired) electrons. The summed E-state index contributed by atoms with van der Waals surface area (Å²) < 4.78 is 96.3. The van der Waals surface area contributed by atoms with E-state index in [1.165, 1.54) is 18.2 Å². The van der Waals surface area contributed by atoms with Crippen LogP contribution in [0.15, 0.2) is 63.6 Å². The number of aromatic nitrogens is 1. The molecule has 0 saturated heterocycles. The van der Waals surface area contributed by atoms with Crippen molar-refractivity contribution >= 4 is 21.2 Å². The zero-order chi connectivity index (χ0) is 30.3. The Balaban J connectivity index is 1.94. The van der Waals surface area contributed by atoms with Gasteiger partial charge in [-0.05, 0) is 72.7 Å². The van der Waals surface area contributed by atoms with Crippen molar-refractivity contribution in [2.45, 2.75) is 50.1 Å². The summed E-state index contributed by atoms with van der Waals surface area (Å²) >= 11 is 0.990. The minimum absolute atomic E-state index is 0.107. The van der Waals surface area contributed by atoms with Crippen molar-refractivity contribution in [1.82, 2.24) is 4.57 Å². The van der Waals surface area contributed by atoms with Crippen LogP contribution in [-0.4, -0.2) is 18.2 Å². The van der Waals surface area contributed by atoms with Gasteiger partial charge in [0.1, 0.15) is 23.3 Å². The fourth-order valence-electron chi connectivity index (χ4n) is 4.25. The van der Waals surface area contributed by atoms with Gasteiger partial charge in [-0.2, -0.15) is 18.4 Å². The molecule has 0 amide bonds. The molecule has 0 N–H and O–H groups in total. The number of benzene rings is 2. The third-order valence-electron chi connectivity index (χ3n) is 6.57. The van der Waals surface area contributed by atoms with E-state index in [9.17, 15) is 40.4 Å². The molecule has 0 spiro atoms. The van der Waals surface area contributed by atoms with Crippen LogP contribution < -0.4 is 5.56 Å². The molecule has 0 saturated carbocycles. The zero-order valence-electron chi connectivity index (χ0n) is 22.0. The standard InChI is InChI=1S/C29H23F5N2O3S2/c1-4-17-7-19(9-22(8-17)41(38,39)16(2)3)20-10-27(40-15-20)26-12-24(29(32,33)34)23(13-35)28(37)36(26)14-18-5-6-21(30)11-25(18)31/h5-12,15-16H,4,14H2,1-3H3. The Morgan fingerprint density at radius 1 is 1.02 bits per heavy atom. The van der Waals surface area contributed by atoms with E-state index in [0.717, 1.165) is 33.6 Å². The molecule has 2 aromatic carbocycles. The van der Waals surface area contributed by atoms with Gasteiger partial charge >= 0.3 is 6.18 Å². The van der Waals surface area contributed by atoms with Crippen molar-refractivity contribution in [2.75, 3.05) is 0 Å². The molecule has 0 aliphatic heterocycles. The topological polar surface area (TPSA) is 79.9 Å². The van der Waals surface area contributed by atoms with Crippen LogP contribution in [0.5, 0.6) is 0 Å². The number of thiophene rings is 1. The predicted octanol–water partition coefficient (Wildman–Crippen LogP) is 7.21. The lowest BCUT2D eigenvalue weighted by Gasteiger charge is -2.17. The summed E-state index contributed by atoms with van der Waals surface area (Å²) in [4.78, 5) is 13.5. The van der Waals surface area contributed by atoms with E-state index in [4.69, 9.17) is 0 Å². The normalized spacial score (nSPS) is 12.1. The number of alkyl halides is 3. The average Bonchev–Trinajstić information content (AvgIpc) is 3.40. The lowest BCUT2D eigenvalue weighted by atomic mass is 10.0. The molecular weight excluding hydrogens is 583 g/mol. The van der Waals surface area contributed by atoms with E-state index in [1.54, 1.807) is 31.4 Å². The molecule has 0 unspecified atom stereocenters. The third-order valence-corrected chi connectivity index (χ3v) is 9.66. The molecule has 2 aromatic heterocycles. The zero-order valence-corrected chi connectivity index (χ0v) is 23.6. The predicted molar refractivity (Wildman–Crippen MR) is 146 cm³/mol. The van der Waals surface area contributed by atoms with Gasteiger partial charge in [-0.1, -0.05) is 19.1 Å². The summed E-state index contributed by atoms with van der Waals surface area (Å²) in [5.41, 5.74) is -2.55. The summed E-state index contributed by atoms with van der Waals surface area (Å²) in [5.74, 6) is -1.89. The van der Waals surface area contributed by atoms with E-state index in [0.29, 0.717) is 29.7 Å². The van der Waals surface area contributed by atoms with Gasteiger partial charge < -0.3 is 4.57 Å². The Morgan fingerprint density at radius 3 is 2.32 bits per heavy atom. The van der Waals surface area contributed by atoms with E-state index in [-0.39, 0.29) is 21.0 Å². The SMILES string of the molecule is CCc1cc(-c2csc(-c3cc(C(F)(F)F)c(C#N)c(=O)n3Cc3ccc(F)cc3F)c2)cc(S(=O)(=O)C(C)C)c1. The summed E-state index contributed by atoms with van der Waals surface area (Å²) in [7, 11) is -3.63. The second-order valence-electron chi connectivity index (χ2n) is 9.57. The maximum atomic E-state index is 14.5.